The number of anilines is 1. The number of nitrogens with one attached hydrogen (secondary N) is 1. The second kappa shape index (κ2) is 5.54. The highest BCUT2D eigenvalue weighted by molar-refractivity contribution is 9.10. The van der Waals surface area contributed by atoms with E-state index >= 15 is 0 Å². The maximum Gasteiger partial charge on any atom is 0.350 e. The number of benzene rings is 2. The molecule has 0 bridgehead atoms. The Hall–Kier alpha value is -2.40. The normalized spacial score (nSPS) is 10.5. The highest BCUT2D eigenvalue weighted by Crippen LogP contribution is 2.23. The Bertz CT molecular complexity index is 881. The molecule has 0 unspecified atom stereocenters. The number of rotatable bonds is 2. The molecule has 0 saturated carbocycles. The summed E-state index contributed by atoms with van der Waals surface area (Å²) in [6, 6.07) is 14.9. The van der Waals surface area contributed by atoms with Crippen LogP contribution < -0.4 is 10.9 Å². The van der Waals surface area contributed by atoms with Crippen LogP contribution in [-0.4, -0.2) is 5.91 Å². The number of hydrogen-bond acceptors (Lipinski definition) is 3. The van der Waals surface area contributed by atoms with Crippen molar-refractivity contribution in [1.29, 1.82) is 0 Å². The first-order valence-corrected chi connectivity index (χ1v) is 7.02. The fourth-order valence-corrected chi connectivity index (χ4v) is 2.39. The summed E-state index contributed by atoms with van der Waals surface area (Å²) in [6.07, 6.45) is 1.15. The van der Waals surface area contributed by atoms with E-state index < -0.39 is 5.63 Å². The monoisotopic (exact) mass is 343 g/mol. The van der Waals surface area contributed by atoms with Crippen LogP contribution in [0.3, 0.4) is 0 Å². The summed E-state index contributed by atoms with van der Waals surface area (Å²) in [5.41, 5.74) is 0.464. The van der Waals surface area contributed by atoms with Crippen molar-refractivity contribution in [3.63, 3.8) is 0 Å². The van der Waals surface area contributed by atoms with Crippen LogP contribution >= 0.6 is 15.9 Å². The van der Waals surface area contributed by atoms with E-state index in [9.17, 15) is 9.59 Å². The summed E-state index contributed by atoms with van der Waals surface area (Å²) in [4.78, 5) is 23.4. The van der Waals surface area contributed by atoms with E-state index in [0.29, 0.717) is 5.69 Å². The van der Waals surface area contributed by atoms with Gasteiger partial charge in [-0.3, -0.25) is 4.79 Å². The van der Waals surface area contributed by atoms with Crippen LogP contribution in [0, 0.1) is 0 Å². The molecule has 1 aromatic heterocycles. The lowest BCUT2D eigenvalue weighted by atomic mass is 10.1. The van der Waals surface area contributed by atoms with Gasteiger partial charge in [0.15, 0.2) is 0 Å². The molecule has 1 heterocycles. The number of fused-ring (bicyclic) bond motifs is 1. The van der Waals surface area contributed by atoms with Gasteiger partial charge in [0.2, 0.25) is 0 Å². The van der Waals surface area contributed by atoms with E-state index in [2.05, 4.69) is 21.2 Å². The highest BCUT2D eigenvalue weighted by atomic mass is 79.9. The van der Waals surface area contributed by atoms with Crippen LogP contribution in [0.1, 0.15) is 10.4 Å². The van der Waals surface area contributed by atoms with Crippen molar-refractivity contribution in [2.24, 2.45) is 0 Å². The minimum Gasteiger partial charge on any atom is -0.430 e. The molecule has 3 rings (SSSR count). The van der Waals surface area contributed by atoms with Gasteiger partial charge in [0, 0.05) is 11.1 Å². The molecular weight excluding hydrogens is 334 g/mol. The number of hydrogen-bond donors (Lipinski definition) is 1. The van der Waals surface area contributed by atoms with Crippen LogP contribution in [0.5, 0.6) is 0 Å². The fourth-order valence-electron chi connectivity index (χ4n) is 2.05. The van der Waals surface area contributed by atoms with Crippen molar-refractivity contribution in [2.45, 2.75) is 0 Å². The van der Waals surface area contributed by atoms with Gasteiger partial charge in [-0.05, 0) is 33.4 Å². The molecule has 0 aliphatic heterocycles. The first kappa shape index (κ1) is 13.6. The third-order valence-corrected chi connectivity index (χ3v) is 3.62. The molecule has 0 aliphatic carbocycles. The predicted molar refractivity (Wildman–Crippen MR) is 84.6 cm³/mol. The smallest absolute Gasteiger partial charge is 0.350 e. The topological polar surface area (TPSA) is 59.3 Å². The first-order valence-electron chi connectivity index (χ1n) is 6.22. The second-order valence-corrected chi connectivity index (χ2v) is 5.31. The van der Waals surface area contributed by atoms with Gasteiger partial charge in [0.25, 0.3) is 5.91 Å². The molecule has 3 aromatic rings. The van der Waals surface area contributed by atoms with Gasteiger partial charge in [0.05, 0.1) is 5.56 Å². The summed E-state index contributed by atoms with van der Waals surface area (Å²) in [6.45, 7) is 0. The zero-order valence-corrected chi connectivity index (χ0v) is 12.4. The van der Waals surface area contributed by atoms with Crippen LogP contribution in [-0.2, 0) is 0 Å². The molecule has 0 fully saturated rings. The Kier molecular flexibility index (Phi) is 3.58. The number of amides is 1. The van der Waals surface area contributed by atoms with Gasteiger partial charge in [-0.2, -0.15) is 0 Å². The zero-order chi connectivity index (χ0) is 14.8. The summed E-state index contributed by atoms with van der Waals surface area (Å²) in [7, 11) is 0. The van der Waals surface area contributed by atoms with E-state index in [1.165, 1.54) is 6.07 Å². The maximum absolute atomic E-state index is 12.2. The Labute approximate surface area is 128 Å². The molecular formula is C16H10BrNO3. The molecule has 0 atom stereocenters. The van der Waals surface area contributed by atoms with Crippen LogP contribution in [0.15, 0.2) is 68.5 Å². The molecule has 21 heavy (non-hydrogen) atoms. The largest absolute Gasteiger partial charge is 0.430 e. The minimum atomic E-state index is -0.517. The van der Waals surface area contributed by atoms with Crippen molar-refractivity contribution >= 4 is 38.3 Å². The summed E-state index contributed by atoms with van der Waals surface area (Å²) in [5.74, 6) is -0.337. The van der Waals surface area contributed by atoms with Gasteiger partial charge in [-0.1, -0.05) is 36.4 Å². The lowest BCUT2D eigenvalue weighted by Crippen LogP contribution is -2.13. The predicted octanol–water partition coefficient (Wildman–Crippen LogP) is 3.81. The number of carbonyl (C=O) groups excluding carboxylic acids is 1. The Morgan fingerprint density at radius 2 is 1.86 bits per heavy atom. The summed E-state index contributed by atoms with van der Waals surface area (Å²) >= 11 is 3.05. The van der Waals surface area contributed by atoms with E-state index in [-0.39, 0.29) is 15.9 Å². The highest BCUT2D eigenvalue weighted by Gasteiger charge is 2.11. The SMILES string of the molecule is O=C(Nc1cccc2ccccc12)c1coc(=O)c(Br)c1. The zero-order valence-electron chi connectivity index (χ0n) is 10.8. The lowest BCUT2D eigenvalue weighted by molar-refractivity contribution is 0.102. The molecule has 0 aliphatic rings. The first-order chi connectivity index (χ1) is 10.1. The summed E-state index contributed by atoms with van der Waals surface area (Å²) < 4.78 is 4.99. The molecule has 0 spiro atoms. The Morgan fingerprint density at radius 3 is 2.67 bits per heavy atom. The van der Waals surface area contributed by atoms with Gasteiger partial charge >= 0.3 is 5.63 Å². The minimum absolute atomic E-state index is 0.216. The fraction of sp³-hybridized carbons (Fsp3) is 0. The van der Waals surface area contributed by atoms with Crippen molar-refractivity contribution in [3.05, 3.63) is 75.3 Å². The molecule has 4 nitrogen and oxygen atoms in total. The molecule has 1 N–H and O–H groups in total. The summed E-state index contributed by atoms with van der Waals surface area (Å²) in [5, 5.41) is 4.81. The quantitative estimate of drug-likeness (QED) is 0.769. The van der Waals surface area contributed by atoms with E-state index in [1.54, 1.807) is 0 Å². The van der Waals surface area contributed by atoms with E-state index in [4.69, 9.17) is 4.42 Å². The van der Waals surface area contributed by atoms with Gasteiger partial charge in [0.1, 0.15) is 10.7 Å². The number of halogens is 1. The Balaban J connectivity index is 1.96. The van der Waals surface area contributed by atoms with Gasteiger partial charge in [-0.25, -0.2) is 4.79 Å². The average Bonchev–Trinajstić information content (AvgIpc) is 2.50. The van der Waals surface area contributed by atoms with Crippen molar-refractivity contribution in [3.8, 4) is 0 Å². The lowest BCUT2D eigenvalue weighted by Gasteiger charge is -2.08. The third-order valence-electron chi connectivity index (χ3n) is 3.07. The molecule has 1 amide bonds. The van der Waals surface area contributed by atoms with Crippen LogP contribution in [0.2, 0.25) is 0 Å². The second-order valence-electron chi connectivity index (χ2n) is 4.45. The van der Waals surface area contributed by atoms with Crippen molar-refractivity contribution < 1.29 is 9.21 Å². The standard InChI is InChI=1S/C16H10BrNO3/c17-13-8-11(9-21-16(13)20)15(19)18-14-7-3-5-10-4-1-2-6-12(10)14/h1-9H,(H,18,19). The molecule has 5 heteroatoms. The number of carbonyl (C=O) groups is 1. The van der Waals surface area contributed by atoms with Crippen LogP contribution in [0.4, 0.5) is 5.69 Å². The third kappa shape index (κ3) is 2.73. The van der Waals surface area contributed by atoms with Crippen molar-refractivity contribution in [2.75, 3.05) is 5.32 Å². The molecule has 104 valence electrons. The van der Waals surface area contributed by atoms with Gasteiger partial charge in [-0.15, -0.1) is 0 Å². The molecule has 2 aromatic carbocycles. The maximum atomic E-state index is 12.2. The molecule has 0 saturated heterocycles. The van der Waals surface area contributed by atoms with Crippen molar-refractivity contribution in [1.82, 2.24) is 0 Å². The van der Waals surface area contributed by atoms with E-state index in [0.717, 1.165) is 17.0 Å². The van der Waals surface area contributed by atoms with E-state index in [1.807, 2.05) is 42.5 Å². The Morgan fingerprint density at radius 1 is 1.10 bits per heavy atom. The molecule has 0 radical (unpaired) electrons. The van der Waals surface area contributed by atoms with Gasteiger partial charge < -0.3 is 9.73 Å². The van der Waals surface area contributed by atoms with Crippen LogP contribution in [0.25, 0.3) is 10.8 Å². The average molecular weight is 344 g/mol.